The molecule has 1 N–H and O–H groups in total. The molecule has 2 heterocycles. The summed E-state index contributed by atoms with van der Waals surface area (Å²) in [4.78, 5) is 7.93. The van der Waals surface area contributed by atoms with Crippen molar-refractivity contribution in [3.05, 3.63) is 40.3 Å². The van der Waals surface area contributed by atoms with E-state index in [2.05, 4.69) is 39.5 Å². The first kappa shape index (κ1) is 13.4. The van der Waals surface area contributed by atoms with E-state index < -0.39 is 0 Å². The largest absolute Gasteiger partial charge is 0.378 e. The third-order valence-corrected chi connectivity index (χ3v) is 4.29. The molecule has 0 unspecified atom stereocenters. The smallest absolute Gasteiger partial charge is 0.0897 e. The highest BCUT2D eigenvalue weighted by molar-refractivity contribution is 7.11. The Morgan fingerprint density at radius 1 is 1.30 bits per heavy atom. The highest BCUT2D eigenvalue weighted by atomic mass is 32.1. The Kier molecular flexibility index (Phi) is 4.18. The van der Waals surface area contributed by atoms with Crippen molar-refractivity contribution in [1.29, 1.82) is 0 Å². The number of thiazole rings is 1. The van der Waals surface area contributed by atoms with E-state index in [0.717, 1.165) is 37.9 Å². The zero-order chi connectivity index (χ0) is 13.8. The minimum atomic E-state index is 0.808. The van der Waals surface area contributed by atoms with Gasteiger partial charge in [-0.15, -0.1) is 11.3 Å². The Morgan fingerprint density at radius 2 is 2.10 bits per heavy atom. The molecule has 0 saturated carbocycles. The van der Waals surface area contributed by atoms with Crippen molar-refractivity contribution in [3.8, 4) is 0 Å². The van der Waals surface area contributed by atoms with Crippen molar-refractivity contribution in [3.63, 3.8) is 0 Å². The quantitative estimate of drug-likeness (QED) is 0.939. The highest BCUT2D eigenvalue weighted by Gasteiger charge is 2.14. The summed E-state index contributed by atoms with van der Waals surface area (Å²) in [6, 6.07) is 8.47. The van der Waals surface area contributed by atoms with Gasteiger partial charge >= 0.3 is 0 Å². The van der Waals surface area contributed by atoms with Crippen LogP contribution in [0.5, 0.6) is 0 Å². The van der Waals surface area contributed by atoms with Gasteiger partial charge in [0.1, 0.15) is 0 Å². The normalized spacial score (nSPS) is 15.3. The van der Waals surface area contributed by atoms with Crippen LogP contribution in [0.25, 0.3) is 0 Å². The number of nitrogens with zero attached hydrogens (tertiary/aromatic N) is 2. The first-order chi connectivity index (χ1) is 9.83. The van der Waals surface area contributed by atoms with Gasteiger partial charge in [-0.3, -0.25) is 0 Å². The second kappa shape index (κ2) is 6.24. The summed E-state index contributed by atoms with van der Waals surface area (Å²) in [5.41, 5.74) is 2.44. The molecular weight excluding hydrogens is 270 g/mol. The SMILES string of the molecule is Cc1ncc(CNc2ccccc2N2CCOCC2)s1. The van der Waals surface area contributed by atoms with Crippen molar-refractivity contribution in [2.45, 2.75) is 13.5 Å². The number of para-hydroxylation sites is 2. The molecule has 1 aliphatic rings. The lowest BCUT2D eigenvalue weighted by molar-refractivity contribution is 0.123. The van der Waals surface area contributed by atoms with E-state index in [1.54, 1.807) is 11.3 Å². The van der Waals surface area contributed by atoms with Gasteiger partial charge in [0.2, 0.25) is 0 Å². The summed E-state index contributed by atoms with van der Waals surface area (Å²) in [6.07, 6.45) is 1.95. The van der Waals surface area contributed by atoms with Crippen LogP contribution in [0.4, 0.5) is 11.4 Å². The molecule has 5 heteroatoms. The van der Waals surface area contributed by atoms with Crippen LogP contribution in [0, 0.1) is 6.92 Å². The number of anilines is 2. The third kappa shape index (κ3) is 3.11. The fraction of sp³-hybridized carbons (Fsp3) is 0.400. The number of aryl methyl sites for hydroxylation is 1. The van der Waals surface area contributed by atoms with Crippen LogP contribution in [0.3, 0.4) is 0 Å². The average Bonchev–Trinajstić information content (AvgIpc) is 2.92. The zero-order valence-electron chi connectivity index (χ0n) is 11.6. The molecule has 1 aromatic carbocycles. The maximum absolute atomic E-state index is 5.42. The third-order valence-electron chi connectivity index (χ3n) is 3.38. The van der Waals surface area contributed by atoms with Crippen LogP contribution < -0.4 is 10.2 Å². The Labute approximate surface area is 123 Å². The maximum atomic E-state index is 5.42. The molecule has 1 fully saturated rings. The van der Waals surface area contributed by atoms with Crippen molar-refractivity contribution < 1.29 is 4.74 Å². The first-order valence-corrected chi connectivity index (χ1v) is 7.71. The summed E-state index contributed by atoms with van der Waals surface area (Å²) in [5.74, 6) is 0. The van der Waals surface area contributed by atoms with Crippen LogP contribution in [-0.2, 0) is 11.3 Å². The number of benzene rings is 1. The highest BCUT2D eigenvalue weighted by Crippen LogP contribution is 2.27. The van der Waals surface area contributed by atoms with Crippen LogP contribution in [0.2, 0.25) is 0 Å². The summed E-state index contributed by atoms with van der Waals surface area (Å²) in [7, 11) is 0. The lowest BCUT2D eigenvalue weighted by Gasteiger charge is -2.30. The molecule has 4 nitrogen and oxygen atoms in total. The Bertz CT molecular complexity index is 564. The number of ether oxygens (including phenoxy) is 1. The minimum absolute atomic E-state index is 0.808. The van der Waals surface area contributed by atoms with Crippen LogP contribution in [-0.4, -0.2) is 31.3 Å². The van der Waals surface area contributed by atoms with Gasteiger partial charge in [0.25, 0.3) is 0 Å². The van der Waals surface area contributed by atoms with E-state index in [4.69, 9.17) is 4.74 Å². The molecule has 1 aliphatic heterocycles. The number of aromatic nitrogens is 1. The molecule has 0 spiro atoms. The number of hydrogen-bond donors (Lipinski definition) is 1. The van der Waals surface area contributed by atoms with Crippen LogP contribution in [0.1, 0.15) is 9.88 Å². The number of nitrogens with one attached hydrogen (secondary N) is 1. The zero-order valence-corrected chi connectivity index (χ0v) is 12.4. The molecule has 0 aliphatic carbocycles. The molecule has 1 saturated heterocycles. The van der Waals surface area contributed by atoms with E-state index >= 15 is 0 Å². The molecule has 0 bridgehead atoms. The van der Waals surface area contributed by atoms with E-state index in [1.807, 2.05) is 13.1 Å². The standard InChI is InChI=1S/C15H19N3OS/c1-12-16-10-13(20-12)11-17-14-4-2-3-5-15(14)18-6-8-19-9-7-18/h2-5,10,17H,6-9,11H2,1H3. The number of rotatable bonds is 4. The van der Waals surface area contributed by atoms with Crippen LogP contribution in [0.15, 0.2) is 30.5 Å². The Hall–Kier alpha value is -1.59. The predicted octanol–water partition coefficient (Wildman–Crippen LogP) is 2.90. The Morgan fingerprint density at radius 3 is 2.85 bits per heavy atom. The second-order valence-electron chi connectivity index (χ2n) is 4.82. The summed E-state index contributed by atoms with van der Waals surface area (Å²) >= 11 is 1.74. The summed E-state index contributed by atoms with van der Waals surface area (Å²) < 4.78 is 5.42. The second-order valence-corrected chi connectivity index (χ2v) is 6.14. The van der Waals surface area contributed by atoms with E-state index in [-0.39, 0.29) is 0 Å². The fourth-order valence-electron chi connectivity index (χ4n) is 2.37. The topological polar surface area (TPSA) is 37.4 Å². The fourth-order valence-corrected chi connectivity index (χ4v) is 3.11. The molecular formula is C15H19N3OS. The van der Waals surface area contributed by atoms with Gasteiger partial charge in [-0.05, 0) is 19.1 Å². The van der Waals surface area contributed by atoms with Gasteiger partial charge in [-0.1, -0.05) is 12.1 Å². The number of hydrogen-bond acceptors (Lipinski definition) is 5. The van der Waals surface area contributed by atoms with Gasteiger partial charge < -0.3 is 15.0 Å². The Balaban J connectivity index is 1.72. The van der Waals surface area contributed by atoms with Gasteiger partial charge in [0.15, 0.2) is 0 Å². The predicted molar refractivity (Wildman–Crippen MR) is 83.7 cm³/mol. The number of morpholine rings is 1. The van der Waals surface area contributed by atoms with Gasteiger partial charge in [-0.25, -0.2) is 4.98 Å². The monoisotopic (exact) mass is 289 g/mol. The van der Waals surface area contributed by atoms with Crippen molar-refractivity contribution in [2.75, 3.05) is 36.5 Å². The van der Waals surface area contributed by atoms with Crippen LogP contribution >= 0.6 is 11.3 Å². The first-order valence-electron chi connectivity index (χ1n) is 6.90. The summed E-state index contributed by atoms with van der Waals surface area (Å²) in [5, 5.41) is 4.64. The van der Waals surface area contributed by atoms with Gasteiger partial charge in [0.05, 0.1) is 36.1 Å². The average molecular weight is 289 g/mol. The molecule has 20 heavy (non-hydrogen) atoms. The van der Waals surface area contributed by atoms with E-state index in [0.29, 0.717) is 0 Å². The lowest BCUT2D eigenvalue weighted by Crippen LogP contribution is -2.36. The van der Waals surface area contributed by atoms with Gasteiger partial charge in [-0.2, -0.15) is 0 Å². The van der Waals surface area contributed by atoms with Crippen molar-refractivity contribution in [1.82, 2.24) is 4.98 Å². The van der Waals surface area contributed by atoms with Crippen molar-refractivity contribution >= 4 is 22.7 Å². The maximum Gasteiger partial charge on any atom is 0.0897 e. The molecule has 0 amide bonds. The van der Waals surface area contributed by atoms with E-state index in [1.165, 1.54) is 16.3 Å². The van der Waals surface area contributed by atoms with E-state index in [9.17, 15) is 0 Å². The minimum Gasteiger partial charge on any atom is -0.378 e. The molecule has 3 rings (SSSR count). The van der Waals surface area contributed by atoms with Gasteiger partial charge in [0, 0.05) is 24.2 Å². The molecule has 2 aromatic rings. The lowest BCUT2D eigenvalue weighted by atomic mass is 10.2. The molecule has 106 valence electrons. The van der Waals surface area contributed by atoms with Crippen molar-refractivity contribution in [2.24, 2.45) is 0 Å². The molecule has 0 radical (unpaired) electrons. The molecule has 0 atom stereocenters. The molecule has 1 aromatic heterocycles. The summed E-state index contributed by atoms with van der Waals surface area (Å²) in [6.45, 7) is 6.39.